The number of alkyl halides is 3. The maximum Gasteiger partial charge on any atom is 0.435 e. The third-order valence-corrected chi connectivity index (χ3v) is 6.64. The highest BCUT2D eigenvalue weighted by molar-refractivity contribution is 6.03. The quantitative estimate of drug-likeness (QED) is 0.202. The third-order valence-electron chi connectivity index (χ3n) is 6.64. The predicted molar refractivity (Wildman–Crippen MR) is 153 cm³/mol. The summed E-state index contributed by atoms with van der Waals surface area (Å²) in [7, 11) is 1.57. The molecule has 0 aliphatic heterocycles. The molecule has 0 radical (unpaired) electrons. The van der Waals surface area contributed by atoms with Crippen molar-refractivity contribution in [2.45, 2.75) is 19.3 Å². The van der Waals surface area contributed by atoms with Gasteiger partial charge < -0.3 is 19.5 Å². The molecule has 0 unspecified atom stereocenters. The number of aromatic nitrogens is 4. The topological polar surface area (TPSA) is 118 Å². The normalized spacial score (nSPS) is 11.2. The Morgan fingerprint density at radius 3 is 2.43 bits per heavy atom. The Bertz CT molecular complexity index is 1950. The maximum absolute atomic E-state index is 15.2. The Morgan fingerprint density at radius 1 is 1.00 bits per heavy atom. The molecular weight excluding hydrogens is 613 g/mol. The first-order valence-electron chi connectivity index (χ1n) is 13.4. The molecule has 3 aromatic carbocycles. The van der Waals surface area contributed by atoms with E-state index in [1.807, 2.05) is 30.3 Å². The van der Waals surface area contributed by atoms with Crippen molar-refractivity contribution in [3.63, 3.8) is 0 Å². The van der Waals surface area contributed by atoms with Gasteiger partial charge in [-0.15, -0.1) is 0 Å². The van der Waals surface area contributed by atoms with E-state index in [4.69, 9.17) is 10.00 Å². The molecule has 0 aliphatic carbocycles. The summed E-state index contributed by atoms with van der Waals surface area (Å²) in [5.74, 6) is -2.76. The van der Waals surface area contributed by atoms with Crippen LogP contribution < -0.4 is 5.32 Å². The van der Waals surface area contributed by atoms with Crippen LogP contribution in [0.1, 0.15) is 33.1 Å². The van der Waals surface area contributed by atoms with Gasteiger partial charge in [-0.3, -0.25) is 4.79 Å². The largest absolute Gasteiger partial charge is 0.441 e. The molecular formula is C31H22F5N7O3. The van der Waals surface area contributed by atoms with Gasteiger partial charge in [-0.2, -0.15) is 23.5 Å². The smallest absolute Gasteiger partial charge is 0.435 e. The Morgan fingerprint density at radius 2 is 1.74 bits per heavy atom. The fourth-order valence-electron chi connectivity index (χ4n) is 4.38. The predicted octanol–water partition coefficient (Wildman–Crippen LogP) is 6.25. The van der Waals surface area contributed by atoms with Crippen LogP contribution in [-0.4, -0.2) is 43.3 Å². The molecule has 5 rings (SSSR count). The second-order valence-corrected chi connectivity index (χ2v) is 9.83. The van der Waals surface area contributed by atoms with Crippen molar-refractivity contribution < 1.29 is 36.3 Å². The molecule has 0 saturated carbocycles. The van der Waals surface area contributed by atoms with Gasteiger partial charge in [0.15, 0.2) is 18.1 Å². The zero-order chi connectivity index (χ0) is 33.0. The second-order valence-electron chi connectivity index (χ2n) is 9.83. The lowest BCUT2D eigenvalue weighted by molar-refractivity contribution is -0.141. The number of nitrogens with one attached hydrogen (secondary N) is 1. The minimum atomic E-state index is -4.95. The number of nitriles is 1. The summed E-state index contributed by atoms with van der Waals surface area (Å²) in [6.45, 7) is 0.0725. The molecule has 0 aliphatic rings. The lowest BCUT2D eigenvalue weighted by Crippen LogP contribution is -2.27. The molecule has 15 heteroatoms. The Hall–Kier alpha value is -6.04. The number of halogens is 5. The van der Waals surface area contributed by atoms with Gasteiger partial charge >= 0.3 is 12.3 Å². The molecule has 0 fully saturated rings. The number of nitrogens with zero attached hydrogens (tertiary/aromatic N) is 6. The van der Waals surface area contributed by atoms with E-state index in [-0.39, 0.29) is 29.5 Å². The van der Waals surface area contributed by atoms with Gasteiger partial charge in [0.25, 0.3) is 5.91 Å². The van der Waals surface area contributed by atoms with Crippen molar-refractivity contribution in [1.82, 2.24) is 24.2 Å². The van der Waals surface area contributed by atoms with E-state index in [9.17, 15) is 27.2 Å². The summed E-state index contributed by atoms with van der Waals surface area (Å²) in [5.41, 5.74) is -1.99. The number of hydrogen-bond acceptors (Lipinski definition) is 6. The molecule has 2 amide bonds. The molecule has 0 bridgehead atoms. The van der Waals surface area contributed by atoms with E-state index in [0.29, 0.717) is 17.3 Å². The molecule has 234 valence electrons. The summed E-state index contributed by atoms with van der Waals surface area (Å²) in [5, 5.41) is 14.7. The van der Waals surface area contributed by atoms with Gasteiger partial charge in [-0.05, 0) is 35.9 Å². The van der Waals surface area contributed by atoms with Crippen molar-refractivity contribution in [3.8, 4) is 17.4 Å². The monoisotopic (exact) mass is 635 g/mol. The minimum absolute atomic E-state index is 0.200. The fraction of sp³-hybridized carbons (Fsp3) is 0.129. The number of hydrogen-bond donors (Lipinski definition) is 1. The van der Waals surface area contributed by atoms with Crippen molar-refractivity contribution in [3.05, 3.63) is 125 Å². The molecule has 46 heavy (non-hydrogen) atoms. The van der Waals surface area contributed by atoms with Crippen molar-refractivity contribution >= 4 is 17.7 Å². The number of carbonyl (C=O) groups is 2. The zero-order valence-electron chi connectivity index (χ0n) is 23.8. The number of ether oxygens (including phenoxy) is 1. The van der Waals surface area contributed by atoms with E-state index in [1.165, 1.54) is 34.0 Å². The van der Waals surface area contributed by atoms with Crippen LogP contribution in [0.15, 0.2) is 85.2 Å². The Labute approximate surface area is 257 Å². The first kappa shape index (κ1) is 31.4. The van der Waals surface area contributed by atoms with Gasteiger partial charge in [0.2, 0.25) is 0 Å². The SMILES string of the molecule is CN(Cc1ccccc1)C(=O)OCc1nccn1-c1ccc(NC(=O)c2cc(C(F)(F)F)nn2-c2ccc(F)c(C#N)c2)c(F)c1. The van der Waals surface area contributed by atoms with Crippen LogP contribution in [0.2, 0.25) is 0 Å². The highest BCUT2D eigenvalue weighted by atomic mass is 19.4. The van der Waals surface area contributed by atoms with Crippen LogP contribution in [0.4, 0.5) is 32.4 Å². The third kappa shape index (κ3) is 6.86. The molecule has 0 saturated heterocycles. The second kappa shape index (κ2) is 12.9. The lowest BCUT2D eigenvalue weighted by Gasteiger charge is -2.17. The minimum Gasteiger partial charge on any atom is -0.441 e. The van der Waals surface area contributed by atoms with Crippen LogP contribution in [-0.2, 0) is 24.1 Å². The van der Waals surface area contributed by atoms with Crippen molar-refractivity contribution in [2.75, 3.05) is 12.4 Å². The van der Waals surface area contributed by atoms with Gasteiger partial charge in [0, 0.05) is 43.8 Å². The molecule has 10 nitrogen and oxygen atoms in total. The molecule has 2 aromatic heterocycles. The van der Waals surface area contributed by atoms with Crippen molar-refractivity contribution in [2.24, 2.45) is 0 Å². The van der Waals surface area contributed by atoms with Crippen LogP contribution in [0.5, 0.6) is 0 Å². The van der Waals surface area contributed by atoms with E-state index < -0.39 is 46.8 Å². The zero-order valence-corrected chi connectivity index (χ0v) is 23.8. The molecule has 2 heterocycles. The molecule has 0 spiro atoms. The van der Waals surface area contributed by atoms with Crippen LogP contribution in [0.3, 0.4) is 0 Å². The number of benzene rings is 3. The van der Waals surface area contributed by atoms with E-state index >= 15 is 4.39 Å². The highest BCUT2D eigenvalue weighted by Gasteiger charge is 2.36. The highest BCUT2D eigenvalue weighted by Crippen LogP contribution is 2.30. The van der Waals surface area contributed by atoms with Gasteiger partial charge in [-0.25, -0.2) is 23.2 Å². The van der Waals surface area contributed by atoms with E-state index in [2.05, 4.69) is 15.4 Å². The van der Waals surface area contributed by atoms with Gasteiger partial charge in [-0.1, -0.05) is 30.3 Å². The Balaban J connectivity index is 1.32. The molecule has 0 atom stereocenters. The molecule has 5 aromatic rings. The van der Waals surface area contributed by atoms with Crippen LogP contribution in [0.25, 0.3) is 11.4 Å². The lowest BCUT2D eigenvalue weighted by atomic mass is 10.2. The average Bonchev–Trinajstić information content (AvgIpc) is 3.70. The van der Waals surface area contributed by atoms with Crippen LogP contribution in [0, 0.1) is 23.0 Å². The number of rotatable bonds is 8. The fourth-order valence-corrected chi connectivity index (χ4v) is 4.38. The Kier molecular flexibility index (Phi) is 8.80. The van der Waals surface area contributed by atoms with Gasteiger partial charge in [0.05, 0.1) is 16.9 Å². The molecule has 1 N–H and O–H groups in total. The summed E-state index contributed by atoms with van der Waals surface area (Å²) in [6, 6.07) is 17.7. The first-order chi connectivity index (χ1) is 21.9. The van der Waals surface area contributed by atoms with Crippen LogP contribution >= 0.6 is 0 Å². The van der Waals surface area contributed by atoms with E-state index in [0.717, 1.165) is 29.8 Å². The summed E-state index contributed by atoms with van der Waals surface area (Å²) >= 11 is 0. The average molecular weight is 636 g/mol. The standard InChI is InChI=1S/C31H22F5N7O3/c1-41(17-19-5-3-2-4-6-19)30(45)46-18-28-38-11-12-42(28)21-8-10-25(24(33)14-21)39-29(44)26-15-27(31(34,35)36)40-43(26)22-7-9-23(32)20(13-22)16-37/h2-15H,17-18H2,1H3,(H,39,44). The summed E-state index contributed by atoms with van der Waals surface area (Å²) in [4.78, 5) is 31.1. The summed E-state index contributed by atoms with van der Waals surface area (Å²) in [6.07, 6.45) is -2.64. The summed E-state index contributed by atoms with van der Waals surface area (Å²) < 4.78 is 76.9. The number of anilines is 1. The number of amides is 2. The maximum atomic E-state index is 15.2. The van der Waals surface area contributed by atoms with E-state index in [1.54, 1.807) is 13.1 Å². The number of carbonyl (C=O) groups excluding carboxylic acids is 2. The van der Waals surface area contributed by atoms with Crippen molar-refractivity contribution in [1.29, 1.82) is 5.26 Å². The first-order valence-corrected chi connectivity index (χ1v) is 13.4. The number of imidazole rings is 1. The van der Waals surface area contributed by atoms with Gasteiger partial charge in [0.1, 0.15) is 23.4 Å².